The molecule has 17 heavy (non-hydrogen) atoms. The monoisotopic (exact) mass is 231 g/mol. The second kappa shape index (κ2) is 4.35. The third kappa shape index (κ3) is 1.88. The Morgan fingerprint density at radius 3 is 3.12 bits per heavy atom. The number of imidazole rings is 1. The molecule has 4 nitrogen and oxygen atoms in total. The smallest absolute Gasteiger partial charge is 0.140 e. The molecule has 2 aromatic rings. The minimum atomic E-state index is 0.794. The van der Waals surface area contributed by atoms with Crippen LogP contribution >= 0.6 is 0 Å². The molecule has 0 saturated heterocycles. The fraction of sp³-hybridized carbons (Fsp3) is 0.538. The van der Waals surface area contributed by atoms with E-state index in [4.69, 9.17) is 4.52 Å². The summed E-state index contributed by atoms with van der Waals surface area (Å²) in [4.78, 5) is 4.33. The molecule has 0 aromatic carbocycles. The normalized spacial score (nSPS) is 14.9. The van der Waals surface area contributed by atoms with Crippen molar-refractivity contribution in [1.82, 2.24) is 14.7 Å². The van der Waals surface area contributed by atoms with Crippen molar-refractivity contribution >= 4 is 0 Å². The van der Waals surface area contributed by atoms with Crippen molar-refractivity contribution in [2.45, 2.75) is 45.6 Å². The highest BCUT2D eigenvalue weighted by Gasteiger charge is 2.19. The van der Waals surface area contributed by atoms with Gasteiger partial charge >= 0.3 is 0 Å². The summed E-state index contributed by atoms with van der Waals surface area (Å²) in [7, 11) is 0. The summed E-state index contributed by atoms with van der Waals surface area (Å²) in [5.41, 5.74) is 2.43. The second-order valence-electron chi connectivity index (χ2n) is 4.56. The molecular weight excluding hydrogens is 214 g/mol. The Hall–Kier alpha value is -1.58. The first-order valence-corrected chi connectivity index (χ1v) is 6.34. The third-order valence-electron chi connectivity index (χ3n) is 3.47. The molecule has 0 unspecified atom stereocenters. The lowest BCUT2D eigenvalue weighted by Crippen LogP contribution is -2.07. The van der Waals surface area contributed by atoms with Gasteiger partial charge in [0.05, 0.1) is 6.54 Å². The molecule has 0 N–H and O–H groups in total. The van der Waals surface area contributed by atoms with Crippen molar-refractivity contribution in [3.63, 3.8) is 0 Å². The largest absolute Gasteiger partial charge is 0.361 e. The van der Waals surface area contributed by atoms with Gasteiger partial charge in [-0.3, -0.25) is 0 Å². The maximum absolute atomic E-state index is 5.43. The number of rotatable bonds is 3. The molecule has 1 aliphatic carbocycles. The Bertz CT molecular complexity index is 512. The minimum Gasteiger partial charge on any atom is -0.361 e. The lowest BCUT2D eigenvalue weighted by atomic mass is 9.96. The van der Waals surface area contributed by atoms with Crippen LogP contribution in [0.4, 0.5) is 0 Å². The zero-order chi connectivity index (χ0) is 11.7. The van der Waals surface area contributed by atoms with E-state index >= 15 is 0 Å². The first-order valence-electron chi connectivity index (χ1n) is 6.34. The third-order valence-corrected chi connectivity index (χ3v) is 3.47. The van der Waals surface area contributed by atoms with Gasteiger partial charge in [0.15, 0.2) is 0 Å². The molecular formula is C13H17N3O. The summed E-state index contributed by atoms with van der Waals surface area (Å²) in [5, 5.41) is 4.22. The molecule has 0 atom stereocenters. The van der Waals surface area contributed by atoms with Crippen LogP contribution in [0, 0.1) is 0 Å². The van der Waals surface area contributed by atoms with Crippen LogP contribution in [0.15, 0.2) is 16.9 Å². The van der Waals surface area contributed by atoms with E-state index in [1.165, 1.54) is 18.4 Å². The van der Waals surface area contributed by atoms with Gasteiger partial charge in [0.1, 0.15) is 17.3 Å². The van der Waals surface area contributed by atoms with Crippen LogP contribution < -0.4 is 0 Å². The number of aryl methyl sites for hydroxylation is 2. The molecule has 2 heterocycles. The van der Waals surface area contributed by atoms with E-state index in [1.54, 1.807) is 0 Å². The van der Waals surface area contributed by atoms with E-state index in [0.29, 0.717) is 0 Å². The van der Waals surface area contributed by atoms with Gasteiger partial charge in [-0.05, 0) is 19.3 Å². The maximum Gasteiger partial charge on any atom is 0.140 e. The van der Waals surface area contributed by atoms with Gasteiger partial charge in [0.25, 0.3) is 0 Å². The molecule has 0 saturated carbocycles. The molecule has 0 amide bonds. The maximum atomic E-state index is 5.43. The van der Waals surface area contributed by atoms with Crippen LogP contribution in [0.3, 0.4) is 0 Å². The van der Waals surface area contributed by atoms with Gasteiger partial charge in [0.2, 0.25) is 0 Å². The van der Waals surface area contributed by atoms with Crippen molar-refractivity contribution in [3.8, 4) is 0 Å². The summed E-state index contributed by atoms with van der Waals surface area (Å²) in [6.45, 7) is 2.92. The fourth-order valence-corrected chi connectivity index (χ4v) is 2.53. The highest BCUT2D eigenvalue weighted by molar-refractivity contribution is 5.25. The van der Waals surface area contributed by atoms with Gasteiger partial charge in [0, 0.05) is 30.8 Å². The van der Waals surface area contributed by atoms with Gasteiger partial charge in [-0.2, -0.15) is 0 Å². The summed E-state index contributed by atoms with van der Waals surface area (Å²) < 4.78 is 7.59. The number of hydrogen-bond acceptors (Lipinski definition) is 3. The Kier molecular flexibility index (Phi) is 2.71. The van der Waals surface area contributed by atoms with Crippen molar-refractivity contribution < 1.29 is 4.52 Å². The van der Waals surface area contributed by atoms with E-state index in [9.17, 15) is 0 Å². The quantitative estimate of drug-likeness (QED) is 0.814. The molecule has 4 heteroatoms. The summed E-state index contributed by atoms with van der Waals surface area (Å²) >= 11 is 0. The number of nitrogens with zero attached hydrogens (tertiary/aromatic N) is 3. The van der Waals surface area contributed by atoms with Crippen LogP contribution in [0.5, 0.6) is 0 Å². The van der Waals surface area contributed by atoms with Crippen LogP contribution in [0.25, 0.3) is 0 Å². The summed E-state index contributed by atoms with van der Waals surface area (Å²) in [6, 6.07) is 0. The average molecular weight is 231 g/mol. The van der Waals surface area contributed by atoms with Crippen molar-refractivity contribution in [2.75, 3.05) is 0 Å². The SMILES string of the molecule is CCc1nccn1Cc1noc2c1CCCC2. The lowest BCUT2D eigenvalue weighted by Gasteiger charge is -2.10. The highest BCUT2D eigenvalue weighted by Crippen LogP contribution is 2.24. The number of fused-ring (bicyclic) bond motifs is 1. The fourth-order valence-electron chi connectivity index (χ4n) is 2.53. The Morgan fingerprint density at radius 2 is 2.24 bits per heavy atom. The lowest BCUT2D eigenvalue weighted by molar-refractivity contribution is 0.367. The van der Waals surface area contributed by atoms with E-state index in [-0.39, 0.29) is 0 Å². The van der Waals surface area contributed by atoms with Crippen molar-refractivity contribution in [1.29, 1.82) is 0 Å². The van der Waals surface area contributed by atoms with Gasteiger partial charge in [-0.25, -0.2) is 4.98 Å². The van der Waals surface area contributed by atoms with Crippen molar-refractivity contribution in [2.24, 2.45) is 0 Å². The van der Waals surface area contributed by atoms with Crippen LogP contribution in [0.2, 0.25) is 0 Å². The van der Waals surface area contributed by atoms with Crippen molar-refractivity contribution in [3.05, 3.63) is 35.2 Å². The zero-order valence-corrected chi connectivity index (χ0v) is 10.1. The Balaban J connectivity index is 1.88. The molecule has 0 fully saturated rings. The molecule has 0 radical (unpaired) electrons. The van der Waals surface area contributed by atoms with Crippen LogP contribution in [-0.2, 0) is 25.8 Å². The van der Waals surface area contributed by atoms with Crippen LogP contribution in [-0.4, -0.2) is 14.7 Å². The summed E-state index contributed by atoms with van der Waals surface area (Å²) in [5.74, 6) is 2.21. The topological polar surface area (TPSA) is 43.9 Å². The first kappa shape index (κ1) is 10.6. The molecule has 0 aliphatic heterocycles. The van der Waals surface area contributed by atoms with E-state index in [2.05, 4.69) is 21.6 Å². The zero-order valence-electron chi connectivity index (χ0n) is 10.1. The molecule has 0 spiro atoms. The molecule has 3 rings (SSSR count). The highest BCUT2D eigenvalue weighted by atomic mass is 16.5. The molecule has 2 aromatic heterocycles. The first-order chi connectivity index (χ1) is 8.38. The number of hydrogen-bond donors (Lipinski definition) is 0. The predicted molar refractivity (Wildman–Crippen MR) is 63.9 cm³/mol. The molecule has 1 aliphatic rings. The molecule has 0 bridgehead atoms. The second-order valence-corrected chi connectivity index (χ2v) is 4.56. The van der Waals surface area contributed by atoms with E-state index in [0.717, 1.165) is 43.1 Å². The van der Waals surface area contributed by atoms with Gasteiger partial charge in [-0.1, -0.05) is 12.1 Å². The average Bonchev–Trinajstić information content (AvgIpc) is 2.97. The minimum absolute atomic E-state index is 0.794. The van der Waals surface area contributed by atoms with E-state index in [1.807, 2.05) is 12.4 Å². The van der Waals surface area contributed by atoms with Gasteiger partial charge < -0.3 is 9.09 Å². The molecule has 90 valence electrons. The summed E-state index contributed by atoms with van der Waals surface area (Å²) in [6.07, 6.45) is 9.47. The van der Waals surface area contributed by atoms with Gasteiger partial charge in [-0.15, -0.1) is 0 Å². The van der Waals surface area contributed by atoms with E-state index < -0.39 is 0 Å². The Labute approximate surface area is 101 Å². The van der Waals surface area contributed by atoms with Crippen LogP contribution in [0.1, 0.15) is 42.6 Å². The predicted octanol–water partition coefficient (Wildman–Crippen LogP) is 2.36. The Morgan fingerprint density at radius 1 is 1.35 bits per heavy atom. The standard InChI is InChI=1S/C13H17N3O/c1-2-13-14-7-8-16(13)9-11-10-5-3-4-6-12(10)17-15-11/h7-8H,2-6,9H2,1H3. The number of aromatic nitrogens is 3.